The molecule has 1 saturated heterocycles. The Kier molecular flexibility index (Phi) is 3.63. The van der Waals surface area contributed by atoms with Gasteiger partial charge in [0.25, 0.3) is 0 Å². The average Bonchev–Trinajstić information content (AvgIpc) is 2.99. The van der Waals surface area contributed by atoms with E-state index in [2.05, 4.69) is 69.1 Å². The molecule has 2 aromatic carbocycles. The van der Waals surface area contributed by atoms with E-state index in [1.807, 2.05) is 0 Å². The van der Waals surface area contributed by atoms with E-state index >= 15 is 0 Å². The Balaban J connectivity index is 1.71. The molecule has 0 aromatic heterocycles. The van der Waals surface area contributed by atoms with Crippen molar-refractivity contribution in [1.82, 2.24) is 4.90 Å². The Bertz CT molecular complexity index is 865. The largest absolute Gasteiger partial charge is 0.356 e. The highest BCUT2D eigenvalue weighted by Crippen LogP contribution is 2.45. The maximum absolute atomic E-state index is 5.19. The Morgan fingerprint density at radius 3 is 2.76 bits per heavy atom. The first kappa shape index (κ1) is 15.4. The molecule has 0 N–H and O–H groups in total. The van der Waals surface area contributed by atoms with Gasteiger partial charge < -0.3 is 9.80 Å². The lowest BCUT2D eigenvalue weighted by Crippen LogP contribution is -2.38. The van der Waals surface area contributed by atoms with Crippen LogP contribution >= 0.6 is 15.9 Å². The molecular weight excluding hydrogens is 374 g/mol. The van der Waals surface area contributed by atoms with Crippen molar-refractivity contribution in [2.24, 2.45) is 10.9 Å². The lowest BCUT2D eigenvalue weighted by molar-refractivity contribution is 0.281. The number of piperidine rings is 1. The predicted molar refractivity (Wildman–Crippen MR) is 107 cm³/mol. The van der Waals surface area contributed by atoms with Gasteiger partial charge in [-0.25, -0.2) is 4.99 Å². The van der Waals surface area contributed by atoms with E-state index in [0.717, 1.165) is 48.0 Å². The van der Waals surface area contributed by atoms with Crippen molar-refractivity contribution < 1.29 is 0 Å². The zero-order valence-corrected chi connectivity index (χ0v) is 16.1. The number of fused-ring (bicyclic) bond motifs is 2. The minimum absolute atomic E-state index is 0.821. The highest BCUT2D eigenvalue weighted by atomic mass is 79.9. The third kappa shape index (κ3) is 2.50. The molecule has 0 unspecified atom stereocenters. The van der Waals surface area contributed by atoms with Crippen LogP contribution in [0.1, 0.15) is 30.9 Å². The summed E-state index contributed by atoms with van der Waals surface area (Å²) in [5, 5.41) is 0. The Morgan fingerprint density at radius 2 is 1.92 bits per heavy atom. The number of aliphatic imine (C=N–C) groups is 1. The molecule has 0 atom stereocenters. The van der Waals surface area contributed by atoms with Gasteiger partial charge in [0.2, 0.25) is 0 Å². The van der Waals surface area contributed by atoms with Gasteiger partial charge in [0.05, 0.1) is 17.1 Å². The summed E-state index contributed by atoms with van der Waals surface area (Å²) >= 11 is 3.63. The predicted octanol–water partition coefficient (Wildman–Crippen LogP) is 5.27. The Morgan fingerprint density at radius 1 is 1.08 bits per heavy atom. The quantitative estimate of drug-likeness (QED) is 0.605. The molecule has 0 aliphatic carbocycles. The Labute approximate surface area is 157 Å². The van der Waals surface area contributed by atoms with E-state index < -0.39 is 0 Å². The van der Waals surface area contributed by atoms with E-state index in [1.54, 1.807) is 0 Å². The summed E-state index contributed by atoms with van der Waals surface area (Å²) in [5.74, 6) is 1.98. The molecule has 3 nitrogen and oxygen atoms in total. The highest BCUT2D eigenvalue weighted by molar-refractivity contribution is 9.10. The molecule has 4 heteroatoms. The second-order valence-corrected chi connectivity index (χ2v) is 8.37. The minimum Gasteiger partial charge on any atom is -0.356 e. The van der Waals surface area contributed by atoms with E-state index in [4.69, 9.17) is 4.99 Å². The third-order valence-electron chi connectivity index (χ3n) is 5.77. The number of para-hydroxylation sites is 1. The molecule has 5 rings (SSSR count). The molecule has 0 radical (unpaired) electrons. The van der Waals surface area contributed by atoms with Gasteiger partial charge in [-0.05, 0) is 55.0 Å². The molecule has 0 saturated carbocycles. The van der Waals surface area contributed by atoms with Crippen molar-refractivity contribution in [2.75, 3.05) is 24.5 Å². The fourth-order valence-electron chi connectivity index (χ4n) is 4.33. The number of benzene rings is 2. The number of hydrogen-bond donors (Lipinski definition) is 0. The summed E-state index contributed by atoms with van der Waals surface area (Å²) < 4.78 is 1.09. The molecule has 1 fully saturated rings. The van der Waals surface area contributed by atoms with Crippen LogP contribution < -0.4 is 4.90 Å². The molecule has 128 valence electrons. The van der Waals surface area contributed by atoms with E-state index in [9.17, 15) is 0 Å². The summed E-state index contributed by atoms with van der Waals surface area (Å²) in [6, 6.07) is 13.2. The SMILES string of the molecule is CC1CCN(C2=Nc3cc(Br)ccc3N3CCc4cccc2c43)CC1. The molecular formula is C21H22BrN3. The fraction of sp³-hybridized carbons (Fsp3) is 0.381. The monoisotopic (exact) mass is 395 g/mol. The fourth-order valence-corrected chi connectivity index (χ4v) is 4.68. The lowest BCUT2D eigenvalue weighted by Gasteiger charge is -2.33. The topological polar surface area (TPSA) is 18.8 Å². The van der Waals surface area contributed by atoms with E-state index in [0.29, 0.717) is 0 Å². The first-order valence-electron chi connectivity index (χ1n) is 9.24. The summed E-state index contributed by atoms with van der Waals surface area (Å²) in [6.45, 7) is 5.61. The zero-order chi connectivity index (χ0) is 17.0. The minimum atomic E-state index is 0.821. The van der Waals surface area contributed by atoms with Gasteiger partial charge in [-0.3, -0.25) is 0 Å². The van der Waals surface area contributed by atoms with Crippen LogP contribution in [0.2, 0.25) is 0 Å². The van der Waals surface area contributed by atoms with Crippen molar-refractivity contribution >= 4 is 38.8 Å². The van der Waals surface area contributed by atoms with Gasteiger partial charge >= 0.3 is 0 Å². The van der Waals surface area contributed by atoms with Crippen LogP contribution in [0, 0.1) is 5.92 Å². The van der Waals surface area contributed by atoms with Crippen LogP contribution in [0.15, 0.2) is 45.9 Å². The third-order valence-corrected chi connectivity index (χ3v) is 6.27. The van der Waals surface area contributed by atoms with Gasteiger partial charge in [-0.2, -0.15) is 0 Å². The molecule has 3 heterocycles. The maximum Gasteiger partial charge on any atom is 0.138 e. The van der Waals surface area contributed by atoms with Crippen molar-refractivity contribution in [1.29, 1.82) is 0 Å². The highest BCUT2D eigenvalue weighted by Gasteiger charge is 2.32. The zero-order valence-electron chi connectivity index (χ0n) is 14.5. The van der Waals surface area contributed by atoms with Crippen molar-refractivity contribution in [3.05, 3.63) is 52.0 Å². The van der Waals surface area contributed by atoms with Crippen LogP contribution in [-0.4, -0.2) is 30.4 Å². The molecule has 25 heavy (non-hydrogen) atoms. The van der Waals surface area contributed by atoms with Gasteiger partial charge in [-0.1, -0.05) is 35.0 Å². The summed E-state index contributed by atoms with van der Waals surface area (Å²) in [4.78, 5) is 10.2. The normalized spacial score (nSPS) is 19.4. The summed E-state index contributed by atoms with van der Waals surface area (Å²) in [6.07, 6.45) is 3.62. The molecule has 3 aliphatic rings. The Hall–Kier alpha value is -1.81. The number of anilines is 2. The van der Waals surface area contributed by atoms with Crippen LogP contribution in [0.5, 0.6) is 0 Å². The number of nitrogens with zero attached hydrogens (tertiary/aromatic N) is 3. The summed E-state index contributed by atoms with van der Waals surface area (Å²) in [7, 11) is 0. The average molecular weight is 396 g/mol. The van der Waals surface area contributed by atoms with Gasteiger partial charge in [0.15, 0.2) is 0 Å². The molecule has 2 aromatic rings. The van der Waals surface area contributed by atoms with Crippen LogP contribution in [0.25, 0.3) is 0 Å². The number of hydrogen-bond acceptors (Lipinski definition) is 3. The molecule has 0 spiro atoms. The van der Waals surface area contributed by atoms with Crippen LogP contribution in [0.3, 0.4) is 0 Å². The maximum atomic E-state index is 5.19. The van der Waals surface area contributed by atoms with Gasteiger partial charge in [0.1, 0.15) is 5.84 Å². The standard InChI is InChI=1S/C21H22BrN3/c1-14-7-10-24(11-8-14)21-17-4-2-3-15-9-12-25(20(15)17)19-6-5-16(22)13-18(19)23-21/h2-6,13-14H,7-12H2,1H3. The van der Waals surface area contributed by atoms with Crippen molar-refractivity contribution in [2.45, 2.75) is 26.2 Å². The molecule has 3 aliphatic heterocycles. The molecule has 0 bridgehead atoms. The van der Waals surface area contributed by atoms with Crippen LogP contribution in [-0.2, 0) is 6.42 Å². The molecule has 0 amide bonds. The number of halogens is 1. The van der Waals surface area contributed by atoms with Crippen molar-refractivity contribution in [3.8, 4) is 0 Å². The second kappa shape index (κ2) is 5.87. The first-order chi connectivity index (χ1) is 12.2. The second-order valence-electron chi connectivity index (χ2n) is 7.45. The van der Waals surface area contributed by atoms with Gasteiger partial charge in [-0.15, -0.1) is 0 Å². The first-order valence-corrected chi connectivity index (χ1v) is 10.0. The van der Waals surface area contributed by atoms with Crippen molar-refractivity contribution in [3.63, 3.8) is 0 Å². The van der Waals surface area contributed by atoms with E-state index in [1.165, 1.54) is 35.3 Å². The number of rotatable bonds is 0. The summed E-state index contributed by atoms with van der Waals surface area (Å²) in [5.41, 5.74) is 6.44. The number of amidine groups is 1. The van der Waals surface area contributed by atoms with E-state index in [-0.39, 0.29) is 0 Å². The van der Waals surface area contributed by atoms with Crippen LogP contribution in [0.4, 0.5) is 17.1 Å². The van der Waals surface area contributed by atoms with Gasteiger partial charge in [0, 0.05) is 29.7 Å². The number of likely N-dealkylation sites (tertiary alicyclic amines) is 1. The smallest absolute Gasteiger partial charge is 0.138 e. The lowest BCUT2D eigenvalue weighted by atomic mass is 9.98.